The van der Waals surface area contributed by atoms with E-state index < -0.39 is 11.6 Å². The Morgan fingerprint density at radius 2 is 2.21 bits per heavy atom. The summed E-state index contributed by atoms with van der Waals surface area (Å²) < 4.78 is 2.00. The van der Waals surface area contributed by atoms with Gasteiger partial charge >= 0.3 is 5.97 Å². The van der Waals surface area contributed by atoms with Crippen molar-refractivity contribution in [3.63, 3.8) is 0 Å². The first-order valence-corrected chi connectivity index (χ1v) is 6.99. The maximum Gasteiger partial charge on any atom is 0.306 e. The number of aromatic nitrogens is 2. The van der Waals surface area contributed by atoms with E-state index in [2.05, 4.69) is 11.9 Å². The van der Waals surface area contributed by atoms with Gasteiger partial charge in [-0.1, -0.05) is 6.92 Å². The standard InChI is InChI=1S/C14H22N2O3/c1-2-3-12-15-8-9-16(12)10-14(19)6-4-11(5-7-14)13(17)18/h8-9,11,19H,2-7,10H2,1H3,(H,17,18). The van der Waals surface area contributed by atoms with E-state index in [1.54, 1.807) is 6.20 Å². The molecule has 0 bridgehead atoms. The summed E-state index contributed by atoms with van der Waals surface area (Å²) in [4.78, 5) is 15.2. The molecule has 1 aliphatic carbocycles. The fourth-order valence-electron chi connectivity index (χ4n) is 2.81. The molecular weight excluding hydrogens is 244 g/mol. The normalized spacial score (nSPS) is 27.4. The van der Waals surface area contributed by atoms with Gasteiger partial charge < -0.3 is 14.8 Å². The lowest BCUT2D eigenvalue weighted by atomic mass is 9.78. The van der Waals surface area contributed by atoms with Crippen LogP contribution in [0.15, 0.2) is 12.4 Å². The average Bonchev–Trinajstić information content (AvgIpc) is 2.77. The molecule has 1 saturated carbocycles. The zero-order chi connectivity index (χ0) is 13.9. The van der Waals surface area contributed by atoms with Crippen LogP contribution in [-0.2, 0) is 17.8 Å². The molecule has 2 N–H and O–H groups in total. The Hall–Kier alpha value is -1.36. The Balaban J connectivity index is 1.98. The lowest BCUT2D eigenvalue weighted by Crippen LogP contribution is -2.40. The van der Waals surface area contributed by atoms with E-state index in [-0.39, 0.29) is 5.92 Å². The first-order chi connectivity index (χ1) is 9.04. The number of hydrogen-bond acceptors (Lipinski definition) is 3. The van der Waals surface area contributed by atoms with Crippen LogP contribution in [0.4, 0.5) is 0 Å². The molecule has 0 amide bonds. The lowest BCUT2D eigenvalue weighted by Gasteiger charge is -2.35. The van der Waals surface area contributed by atoms with Crippen LogP contribution in [0.25, 0.3) is 0 Å². The van der Waals surface area contributed by atoms with Gasteiger partial charge in [-0.3, -0.25) is 4.79 Å². The SMILES string of the molecule is CCCc1nccn1CC1(O)CCC(C(=O)O)CC1. The summed E-state index contributed by atoms with van der Waals surface area (Å²) in [6.45, 7) is 2.63. The summed E-state index contributed by atoms with van der Waals surface area (Å²) >= 11 is 0. The zero-order valence-corrected chi connectivity index (χ0v) is 11.4. The average molecular weight is 266 g/mol. The van der Waals surface area contributed by atoms with Gasteiger partial charge in [-0.05, 0) is 32.1 Å². The molecule has 1 aromatic rings. The van der Waals surface area contributed by atoms with Crippen LogP contribution >= 0.6 is 0 Å². The Kier molecular flexibility index (Phi) is 4.24. The first-order valence-electron chi connectivity index (χ1n) is 6.99. The molecule has 0 spiro atoms. The number of nitrogens with zero attached hydrogens (tertiary/aromatic N) is 2. The number of rotatable bonds is 5. The molecule has 1 fully saturated rings. The van der Waals surface area contributed by atoms with Gasteiger partial charge in [0, 0.05) is 18.8 Å². The third kappa shape index (κ3) is 3.35. The van der Waals surface area contributed by atoms with E-state index in [1.807, 2.05) is 10.8 Å². The lowest BCUT2D eigenvalue weighted by molar-refractivity contribution is -0.145. The number of carbonyl (C=O) groups is 1. The van der Waals surface area contributed by atoms with E-state index in [4.69, 9.17) is 5.11 Å². The summed E-state index contributed by atoms with van der Waals surface area (Å²) in [7, 11) is 0. The Morgan fingerprint density at radius 3 is 2.79 bits per heavy atom. The number of carboxylic acid groups (broad SMARTS) is 1. The van der Waals surface area contributed by atoms with Crippen molar-refractivity contribution in [2.24, 2.45) is 5.92 Å². The molecule has 1 aromatic heterocycles. The second-order valence-electron chi connectivity index (χ2n) is 5.56. The predicted molar refractivity (Wildman–Crippen MR) is 70.8 cm³/mol. The highest BCUT2D eigenvalue weighted by Crippen LogP contribution is 2.33. The number of aliphatic hydroxyl groups is 1. The first kappa shape index (κ1) is 14.1. The van der Waals surface area contributed by atoms with Crippen molar-refractivity contribution in [3.05, 3.63) is 18.2 Å². The van der Waals surface area contributed by atoms with E-state index in [0.29, 0.717) is 32.2 Å². The van der Waals surface area contributed by atoms with E-state index in [9.17, 15) is 9.90 Å². The fraction of sp³-hybridized carbons (Fsp3) is 0.714. The van der Waals surface area contributed by atoms with Gasteiger partial charge in [0.25, 0.3) is 0 Å². The Morgan fingerprint density at radius 1 is 1.53 bits per heavy atom. The molecular formula is C14H22N2O3. The second-order valence-corrected chi connectivity index (χ2v) is 5.56. The van der Waals surface area contributed by atoms with Gasteiger partial charge in [0.15, 0.2) is 0 Å². The summed E-state index contributed by atoms with van der Waals surface area (Å²) in [6.07, 6.45) is 7.80. The van der Waals surface area contributed by atoms with Gasteiger partial charge in [-0.2, -0.15) is 0 Å². The molecule has 0 atom stereocenters. The number of imidazole rings is 1. The topological polar surface area (TPSA) is 75.3 Å². The van der Waals surface area contributed by atoms with E-state index in [1.165, 1.54) is 0 Å². The minimum absolute atomic E-state index is 0.293. The van der Waals surface area contributed by atoms with Crippen LogP contribution < -0.4 is 0 Å². The molecule has 1 aliphatic rings. The van der Waals surface area contributed by atoms with Gasteiger partial charge in [-0.25, -0.2) is 4.98 Å². The number of hydrogen-bond donors (Lipinski definition) is 2. The van der Waals surface area contributed by atoms with Crippen molar-refractivity contribution in [2.45, 2.75) is 57.6 Å². The minimum atomic E-state index is -0.783. The molecule has 0 aromatic carbocycles. The van der Waals surface area contributed by atoms with Crippen molar-refractivity contribution in [1.82, 2.24) is 9.55 Å². The van der Waals surface area contributed by atoms with Crippen LogP contribution in [0.2, 0.25) is 0 Å². The largest absolute Gasteiger partial charge is 0.481 e. The number of aryl methyl sites for hydroxylation is 1. The summed E-state index contributed by atoms with van der Waals surface area (Å²) in [6, 6.07) is 0. The third-order valence-electron chi connectivity index (χ3n) is 4.01. The van der Waals surface area contributed by atoms with Gasteiger partial charge in [0.05, 0.1) is 18.1 Å². The zero-order valence-electron chi connectivity index (χ0n) is 11.4. The van der Waals surface area contributed by atoms with Gasteiger partial charge in [-0.15, -0.1) is 0 Å². The van der Waals surface area contributed by atoms with Gasteiger partial charge in [0.1, 0.15) is 5.82 Å². The second kappa shape index (κ2) is 5.74. The molecule has 5 nitrogen and oxygen atoms in total. The highest BCUT2D eigenvalue weighted by molar-refractivity contribution is 5.70. The van der Waals surface area contributed by atoms with E-state index in [0.717, 1.165) is 18.7 Å². The van der Waals surface area contributed by atoms with Crippen LogP contribution in [-0.4, -0.2) is 31.3 Å². The van der Waals surface area contributed by atoms with Crippen LogP contribution in [0, 0.1) is 5.92 Å². The van der Waals surface area contributed by atoms with Crippen molar-refractivity contribution in [2.75, 3.05) is 0 Å². The molecule has 1 heterocycles. The summed E-state index contributed by atoms with van der Waals surface area (Å²) in [5.74, 6) is -0.0363. The molecule has 0 saturated heterocycles. The Bertz CT molecular complexity index is 434. The maximum absolute atomic E-state index is 10.9. The van der Waals surface area contributed by atoms with Gasteiger partial charge in [0.2, 0.25) is 0 Å². The highest BCUT2D eigenvalue weighted by Gasteiger charge is 2.36. The maximum atomic E-state index is 10.9. The monoisotopic (exact) mass is 266 g/mol. The molecule has 5 heteroatoms. The van der Waals surface area contributed by atoms with Crippen molar-refractivity contribution < 1.29 is 15.0 Å². The molecule has 19 heavy (non-hydrogen) atoms. The molecule has 2 rings (SSSR count). The van der Waals surface area contributed by atoms with Crippen LogP contribution in [0.1, 0.15) is 44.9 Å². The van der Waals surface area contributed by atoms with Crippen molar-refractivity contribution in [3.8, 4) is 0 Å². The van der Waals surface area contributed by atoms with Crippen LogP contribution in [0.3, 0.4) is 0 Å². The van der Waals surface area contributed by atoms with Crippen molar-refractivity contribution >= 4 is 5.97 Å². The number of aliphatic carboxylic acids is 1. The molecule has 106 valence electrons. The highest BCUT2D eigenvalue weighted by atomic mass is 16.4. The molecule has 0 radical (unpaired) electrons. The smallest absolute Gasteiger partial charge is 0.306 e. The minimum Gasteiger partial charge on any atom is -0.481 e. The summed E-state index contributed by atoms with van der Waals surface area (Å²) in [5.41, 5.74) is -0.783. The third-order valence-corrected chi connectivity index (χ3v) is 4.01. The Labute approximate surface area is 113 Å². The van der Waals surface area contributed by atoms with E-state index >= 15 is 0 Å². The van der Waals surface area contributed by atoms with Crippen LogP contribution in [0.5, 0.6) is 0 Å². The molecule has 0 aliphatic heterocycles. The summed E-state index contributed by atoms with van der Waals surface area (Å²) in [5, 5.41) is 19.6. The fourth-order valence-corrected chi connectivity index (χ4v) is 2.81. The predicted octanol–water partition coefficient (Wildman–Crippen LogP) is 1.84. The number of carboxylic acids is 1. The van der Waals surface area contributed by atoms with Crippen molar-refractivity contribution in [1.29, 1.82) is 0 Å². The quantitative estimate of drug-likeness (QED) is 0.852. The molecule has 0 unspecified atom stereocenters.